The third-order valence-corrected chi connectivity index (χ3v) is 4.59. The quantitative estimate of drug-likeness (QED) is 0.673. The van der Waals surface area contributed by atoms with E-state index in [1.54, 1.807) is 12.1 Å². The Morgan fingerprint density at radius 1 is 1.00 bits per heavy atom. The van der Waals surface area contributed by atoms with Crippen LogP contribution < -0.4 is 10.2 Å². The summed E-state index contributed by atoms with van der Waals surface area (Å²) >= 11 is 0. The van der Waals surface area contributed by atoms with Gasteiger partial charge in [0.2, 0.25) is 0 Å². The van der Waals surface area contributed by atoms with E-state index >= 15 is 0 Å². The minimum atomic E-state index is -0.0692. The number of phenols is 1. The highest BCUT2D eigenvalue weighted by molar-refractivity contribution is 5.93. The largest absolute Gasteiger partial charge is 0.508 e. The lowest BCUT2D eigenvalue weighted by atomic mass is 10.2. The second kappa shape index (κ2) is 6.39. The van der Waals surface area contributed by atoms with Crippen molar-refractivity contribution in [3.63, 3.8) is 0 Å². The van der Waals surface area contributed by atoms with E-state index in [1.807, 2.05) is 47.5 Å². The molecule has 128 valence electrons. The van der Waals surface area contributed by atoms with Crippen LogP contribution in [0.5, 0.6) is 5.75 Å². The molecular formula is C19H20N4O2. The van der Waals surface area contributed by atoms with Gasteiger partial charge in [0.05, 0.1) is 0 Å². The summed E-state index contributed by atoms with van der Waals surface area (Å²) in [6.07, 6.45) is 1.89. The van der Waals surface area contributed by atoms with Crippen LogP contribution in [0.1, 0.15) is 0 Å². The fourth-order valence-corrected chi connectivity index (χ4v) is 3.16. The lowest BCUT2D eigenvalue weighted by Gasteiger charge is -2.36. The Morgan fingerprint density at radius 3 is 2.52 bits per heavy atom. The van der Waals surface area contributed by atoms with E-state index in [0.29, 0.717) is 13.1 Å². The zero-order valence-corrected chi connectivity index (χ0v) is 13.8. The molecule has 2 amide bonds. The summed E-state index contributed by atoms with van der Waals surface area (Å²) in [5.41, 5.74) is 2.93. The summed E-state index contributed by atoms with van der Waals surface area (Å²) < 4.78 is 0. The van der Waals surface area contributed by atoms with Gasteiger partial charge in [-0.15, -0.1) is 0 Å². The highest BCUT2D eigenvalue weighted by Crippen LogP contribution is 2.21. The predicted octanol–water partition coefficient (Wildman–Crippen LogP) is 3.23. The Kier molecular flexibility index (Phi) is 3.93. The Balaban J connectivity index is 1.36. The second-order valence-corrected chi connectivity index (χ2v) is 6.20. The van der Waals surface area contributed by atoms with Crippen LogP contribution in [-0.4, -0.2) is 47.2 Å². The number of amides is 2. The number of H-pyrrole nitrogens is 1. The number of benzene rings is 2. The number of aromatic hydroxyl groups is 1. The molecule has 3 aromatic rings. The van der Waals surface area contributed by atoms with Gasteiger partial charge < -0.3 is 25.2 Å². The van der Waals surface area contributed by atoms with Gasteiger partial charge in [0, 0.05) is 54.7 Å². The summed E-state index contributed by atoms with van der Waals surface area (Å²) in [4.78, 5) is 19.7. The van der Waals surface area contributed by atoms with Crippen LogP contribution in [0.3, 0.4) is 0 Å². The number of nitrogens with one attached hydrogen (secondary N) is 2. The summed E-state index contributed by atoms with van der Waals surface area (Å²) in [6, 6.07) is 14.9. The van der Waals surface area contributed by atoms with Gasteiger partial charge in [-0.2, -0.15) is 0 Å². The van der Waals surface area contributed by atoms with Crippen molar-refractivity contribution in [1.82, 2.24) is 9.88 Å². The van der Waals surface area contributed by atoms with Crippen molar-refractivity contribution in [2.75, 3.05) is 36.4 Å². The number of anilines is 2. The van der Waals surface area contributed by atoms with E-state index in [4.69, 9.17) is 0 Å². The van der Waals surface area contributed by atoms with Gasteiger partial charge in [0.1, 0.15) is 5.75 Å². The molecule has 1 saturated heterocycles. The van der Waals surface area contributed by atoms with Gasteiger partial charge in [-0.3, -0.25) is 0 Å². The molecule has 0 saturated carbocycles. The van der Waals surface area contributed by atoms with Crippen LogP contribution in [-0.2, 0) is 0 Å². The third-order valence-electron chi connectivity index (χ3n) is 4.59. The van der Waals surface area contributed by atoms with Gasteiger partial charge in [-0.05, 0) is 48.5 Å². The molecule has 1 fully saturated rings. The molecule has 6 nitrogen and oxygen atoms in total. The number of phenolic OH excluding ortho intramolecular Hbond substituents is 1. The van der Waals surface area contributed by atoms with Gasteiger partial charge in [-0.1, -0.05) is 0 Å². The number of piperazine rings is 1. The highest BCUT2D eigenvalue weighted by atomic mass is 16.3. The average molecular weight is 336 g/mol. The van der Waals surface area contributed by atoms with Crippen LogP contribution in [0.2, 0.25) is 0 Å². The van der Waals surface area contributed by atoms with Gasteiger partial charge >= 0.3 is 6.03 Å². The van der Waals surface area contributed by atoms with Crippen LogP contribution in [0, 0.1) is 0 Å². The van der Waals surface area contributed by atoms with Gasteiger partial charge in [0.15, 0.2) is 0 Å². The zero-order chi connectivity index (χ0) is 17.2. The first-order chi connectivity index (χ1) is 12.2. The number of hydrogen-bond donors (Lipinski definition) is 3. The third kappa shape index (κ3) is 3.24. The van der Waals surface area contributed by atoms with Gasteiger partial charge in [-0.25, -0.2) is 4.79 Å². The van der Waals surface area contributed by atoms with E-state index in [2.05, 4.69) is 15.2 Å². The Labute approximate surface area is 145 Å². The molecule has 4 rings (SSSR count). The summed E-state index contributed by atoms with van der Waals surface area (Å²) in [5, 5.41) is 13.4. The van der Waals surface area contributed by atoms with Crippen molar-refractivity contribution < 1.29 is 9.90 Å². The Morgan fingerprint density at radius 2 is 1.76 bits per heavy atom. The normalized spacial score (nSPS) is 14.7. The smallest absolute Gasteiger partial charge is 0.321 e. The fourth-order valence-electron chi connectivity index (χ4n) is 3.16. The zero-order valence-electron chi connectivity index (χ0n) is 13.8. The van der Waals surface area contributed by atoms with Crippen molar-refractivity contribution in [2.24, 2.45) is 0 Å². The minimum Gasteiger partial charge on any atom is -0.508 e. The van der Waals surface area contributed by atoms with E-state index < -0.39 is 0 Å². The number of hydrogen-bond acceptors (Lipinski definition) is 3. The molecule has 0 unspecified atom stereocenters. The molecule has 2 aromatic carbocycles. The second-order valence-electron chi connectivity index (χ2n) is 6.20. The monoisotopic (exact) mass is 336 g/mol. The van der Waals surface area contributed by atoms with Crippen LogP contribution in [0.15, 0.2) is 54.7 Å². The molecule has 2 heterocycles. The van der Waals surface area contributed by atoms with Crippen molar-refractivity contribution in [3.8, 4) is 5.75 Å². The molecular weight excluding hydrogens is 316 g/mol. The first-order valence-electron chi connectivity index (χ1n) is 8.36. The number of carbonyl (C=O) groups excluding carboxylic acids is 1. The Hall–Kier alpha value is -3.15. The number of urea groups is 1. The molecule has 0 atom stereocenters. The molecule has 25 heavy (non-hydrogen) atoms. The number of aromatic nitrogens is 1. The number of nitrogens with zero attached hydrogens (tertiary/aromatic N) is 2. The molecule has 1 aliphatic rings. The molecule has 0 spiro atoms. The summed E-state index contributed by atoms with van der Waals surface area (Å²) in [5.74, 6) is 0.265. The predicted molar refractivity (Wildman–Crippen MR) is 99.2 cm³/mol. The lowest BCUT2D eigenvalue weighted by Crippen LogP contribution is -2.50. The van der Waals surface area contributed by atoms with Crippen LogP contribution in [0.25, 0.3) is 10.9 Å². The van der Waals surface area contributed by atoms with Gasteiger partial charge in [0.25, 0.3) is 0 Å². The molecule has 1 aromatic heterocycles. The minimum absolute atomic E-state index is 0.0692. The van der Waals surface area contributed by atoms with E-state index in [9.17, 15) is 9.90 Å². The van der Waals surface area contributed by atoms with E-state index in [-0.39, 0.29) is 11.8 Å². The topological polar surface area (TPSA) is 71.6 Å². The molecule has 3 N–H and O–H groups in total. The van der Waals surface area contributed by atoms with Crippen LogP contribution in [0.4, 0.5) is 16.2 Å². The summed E-state index contributed by atoms with van der Waals surface area (Å²) in [7, 11) is 0. The van der Waals surface area contributed by atoms with E-state index in [0.717, 1.165) is 35.4 Å². The van der Waals surface area contributed by atoms with Crippen molar-refractivity contribution >= 4 is 28.3 Å². The van der Waals surface area contributed by atoms with E-state index in [1.165, 1.54) is 0 Å². The SMILES string of the molecule is O=C(Nc1ccc2[nH]ccc2c1)N1CCN(c2ccc(O)cc2)CC1. The number of aromatic amines is 1. The van der Waals surface area contributed by atoms with Crippen LogP contribution >= 0.6 is 0 Å². The molecule has 6 heteroatoms. The number of rotatable bonds is 2. The van der Waals surface area contributed by atoms with Crippen molar-refractivity contribution in [1.29, 1.82) is 0 Å². The summed E-state index contributed by atoms with van der Waals surface area (Å²) in [6.45, 7) is 2.88. The first-order valence-corrected chi connectivity index (χ1v) is 8.36. The molecule has 0 bridgehead atoms. The molecule has 1 aliphatic heterocycles. The number of carbonyl (C=O) groups is 1. The molecule has 0 aliphatic carbocycles. The maximum atomic E-state index is 12.5. The van der Waals surface area contributed by atoms with Crippen molar-refractivity contribution in [3.05, 3.63) is 54.7 Å². The van der Waals surface area contributed by atoms with Crippen molar-refractivity contribution in [2.45, 2.75) is 0 Å². The fraction of sp³-hybridized carbons (Fsp3) is 0.211. The standard InChI is InChI=1S/C19H20N4O2/c24-17-4-2-16(3-5-17)22-9-11-23(12-10-22)19(25)21-15-1-6-18-14(13-15)7-8-20-18/h1-8,13,20,24H,9-12H2,(H,21,25). The maximum Gasteiger partial charge on any atom is 0.321 e. The average Bonchev–Trinajstić information content (AvgIpc) is 3.10. The molecule has 0 radical (unpaired) electrons. The number of fused-ring (bicyclic) bond motifs is 1. The highest BCUT2D eigenvalue weighted by Gasteiger charge is 2.21. The first kappa shape index (κ1) is 15.4. The Bertz CT molecular complexity index is 880. The lowest BCUT2D eigenvalue weighted by molar-refractivity contribution is 0.208. The maximum absolute atomic E-state index is 12.5.